The van der Waals surface area contributed by atoms with Gasteiger partial charge in [0.2, 0.25) is 0 Å². The molecule has 1 aromatic heterocycles. The molecule has 1 aromatic carbocycles. The van der Waals surface area contributed by atoms with Crippen LogP contribution in [0.5, 0.6) is 0 Å². The number of carbonyl (C=O) groups excluding carboxylic acids is 2. The average Bonchev–Trinajstić information content (AvgIpc) is 2.98. The van der Waals surface area contributed by atoms with E-state index in [4.69, 9.17) is 11.6 Å². The van der Waals surface area contributed by atoms with Gasteiger partial charge >= 0.3 is 0 Å². The van der Waals surface area contributed by atoms with E-state index in [0.29, 0.717) is 22.8 Å². The third-order valence-electron chi connectivity index (χ3n) is 3.14. The molecule has 1 aliphatic heterocycles. The van der Waals surface area contributed by atoms with Crippen LogP contribution in [0, 0.1) is 0 Å². The number of amides is 1. The van der Waals surface area contributed by atoms with Crippen molar-refractivity contribution < 1.29 is 9.59 Å². The van der Waals surface area contributed by atoms with Crippen LogP contribution in [0.4, 0.5) is 5.69 Å². The fraction of sp³-hybridized carbons (Fsp3) is 0.143. The molecule has 0 radical (unpaired) electrons. The Labute approximate surface area is 119 Å². The number of nitrogens with zero attached hydrogens (tertiary/aromatic N) is 1. The summed E-state index contributed by atoms with van der Waals surface area (Å²) in [7, 11) is 0. The van der Waals surface area contributed by atoms with Gasteiger partial charge in [-0.25, -0.2) is 0 Å². The Balaban J connectivity index is 1.88. The molecule has 96 valence electrons. The molecule has 0 spiro atoms. The number of fused-ring (bicyclic) bond motifs is 1. The van der Waals surface area contributed by atoms with E-state index >= 15 is 0 Å². The first-order valence-corrected chi connectivity index (χ1v) is 7.16. The molecule has 0 bridgehead atoms. The second kappa shape index (κ2) is 4.79. The van der Waals surface area contributed by atoms with E-state index in [1.807, 2.05) is 16.8 Å². The lowest BCUT2D eigenvalue weighted by Crippen LogP contribution is -2.31. The van der Waals surface area contributed by atoms with Gasteiger partial charge in [0.25, 0.3) is 11.7 Å². The molecule has 2 heterocycles. The molecular weight excluding hydrogens is 282 g/mol. The lowest BCUT2D eigenvalue weighted by molar-refractivity contribution is -0.114. The zero-order chi connectivity index (χ0) is 13.4. The van der Waals surface area contributed by atoms with Gasteiger partial charge in [-0.05, 0) is 47.0 Å². The van der Waals surface area contributed by atoms with Gasteiger partial charge in [-0.1, -0.05) is 11.6 Å². The quantitative estimate of drug-likeness (QED) is 0.815. The molecule has 5 heteroatoms. The van der Waals surface area contributed by atoms with Crippen molar-refractivity contribution in [3.8, 4) is 0 Å². The molecule has 0 atom stereocenters. The minimum atomic E-state index is -0.465. The number of halogens is 1. The summed E-state index contributed by atoms with van der Waals surface area (Å²) in [5.74, 6) is -0.913. The van der Waals surface area contributed by atoms with Crippen LogP contribution in [0.1, 0.15) is 15.9 Å². The van der Waals surface area contributed by atoms with Crippen LogP contribution in [0.2, 0.25) is 5.02 Å². The lowest BCUT2D eigenvalue weighted by Gasteiger charge is -2.16. The number of benzene rings is 1. The summed E-state index contributed by atoms with van der Waals surface area (Å²) >= 11 is 7.56. The highest BCUT2D eigenvalue weighted by Crippen LogP contribution is 2.31. The van der Waals surface area contributed by atoms with Crippen molar-refractivity contribution in [3.05, 3.63) is 51.2 Å². The van der Waals surface area contributed by atoms with Gasteiger partial charge in [0.15, 0.2) is 0 Å². The van der Waals surface area contributed by atoms with Crippen LogP contribution in [0.3, 0.4) is 0 Å². The van der Waals surface area contributed by atoms with E-state index in [-0.39, 0.29) is 0 Å². The van der Waals surface area contributed by atoms with E-state index in [1.165, 1.54) is 10.5 Å². The zero-order valence-electron chi connectivity index (χ0n) is 9.93. The maximum atomic E-state index is 12.0. The summed E-state index contributed by atoms with van der Waals surface area (Å²) in [5, 5.41) is 4.57. The summed E-state index contributed by atoms with van der Waals surface area (Å²) < 4.78 is 0. The number of anilines is 1. The molecular formula is C14H10ClNO2S. The molecule has 1 amide bonds. The summed E-state index contributed by atoms with van der Waals surface area (Å²) in [5.41, 5.74) is 2.23. The Morgan fingerprint density at radius 2 is 2.05 bits per heavy atom. The Hall–Kier alpha value is -1.65. The minimum Gasteiger partial charge on any atom is -0.304 e. The van der Waals surface area contributed by atoms with Crippen LogP contribution in [-0.2, 0) is 11.2 Å². The van der Waals surface area contributed by atoms with Crippen molar-refractivity contribution in [2.45, 2.75) is 6.42 Å². The van der Waals surface area contributed by atoms with Gasteiger partial charge in [0, 0.05) is 11.6 Å². The summed E-state index contributed by atoms with van der Waals surface area (Å²) in [4.78, 5) is 25.3. The molecule has 0 aliphatic carbocycles. The predicted octanol–water partition coefficient (Wildman–Crippen LogP) is 3.17. The fourth-order valence-electron chi connectivity index (χ4n) is 2.17. The van der Waals surface area contributed by atoms with E-state index in [2.05, 4.69) is 0 Å². The maximum Gasteiger partial charge on any atom is 0.299 e. The number of rotatable bonds is 3. The Bertz CT molecular complexity index is 651. The lowest BCUT2D eigenvalue weighted by atomic mass is 10.1. The van der Waals surface area contributed by atoms with Crippen molar-refractivity contribution in [2.24, 2.45) is 0 Å². The molecule has 2 aromatic rings. The largest absolute Gasteiger partial charge is 0.304 e. The van der Waals surface area contributed by atoms with Crippen molar-refractivity contribution in [3.63, 3.8) is 0 Å². The molecule has 1 aliphatic rings. The van der Waals surface area contributed by atoms with Crippen LogP contribution >= 0.6 is 22.9 Å². The summed E-state index contributed by atoms with van der Waals surface area (Å²) in [6.07, 6.45) is 0.731. The number of thiophene rings is 1. The fourth-order valence-corrected chi connectivity index (χ4v) is 3.03. The minimum absolute atomic E-state index is 0.444. The van der Waals surface area contributed by atoms with E-state index in [1.54, 1.807) is 29.5 Å². The smallest absolute Gasteiger partial charge is 0.299 e. The molecule has 0 unspecified atom stereocenters. The standard InChI is InChI=1S/C14H10ClNO2S/c15-10-1-2-11-12(7-10)16(14(18)13(11)17)5-3-9-4-6-19-8-9/h1-2,4,6-8H,3,5H2. The number of carbonyl (C=O) groups is 2. The number of ketones is 1. The monoisotopic (exact) mass is 291 g/mol. The highest BCUT2D eigenvalue weighted by molar-refractivity contribution is 7.07. The van der Waals surface area contributed by atoms with Crippen molar-refractivity contribution in [1.29, 1.82) is 0 Å². The van der Waals surface area contributed by atoms with Crippen LogP contribution in [0.25, 0.3) is 0 Å². The molecule has 0 saturated heterocycles. The summed E-state index contributed by atoms with van der Waals surface area (Å²) in [6, 6.07) is 6.94. The first-order chi connectivity index (χ1) is 9.16. The Morgan fingerprint density at radius 1 is 1.21 bits per heavy atom. The normalized spacial score (nSPS) is 14.1. The van der Waals surface area contributed by atoms with Crippen molar-refractivity contribution >= 4 is 40.3 Å². The molecule has 19 heavy (non-hydrogen) atoms. The summed E-state index contributed by atoms with van der Waals surface area (Å²) in [6.45, 7) is 0.495. The molecule has 3 nitrogen and oxygen atoms in total. The van der Waals surface area contributed by atoms with E-state index < -0.39 is 11.7 Å². The van der Waals surface area contributed by atoms with Crippen LogP contribution in [0.15, 0.2) is 35.0 Å². The third kappa shape index (κ3) is 2.17. The SMILES string of the molecule is O=C1C(=O)N(CCc2ccsc2)c2cc(Cl)ccc21. The molecule has 0 fully saturated rings. The maximum absolute atomic E-state index is 12.0. The van der Waals surface area contributed by atoms with Gasteiger partial charge in [-0.2, -0.15) is 11.3 Å². The highest BCUT2D eigenvalue weighted by Gasteiger charge is 2.35. The van der Waals surface area contributed by atoms with Gasteiger partial charge in [0.1, 0.15) is 0 Å². The second-order valence-electron chi connectivity index (χ2n) is 4.33. The van der Waals surface area contributed by atoms with Gasteiger partial charge in [-0.3, -0.25) is 9.59 Å². The Morgan fingerprint density at radius 3 is 2.79 bits per heavy atom. The Kier molecular flexibility index (Phi) is 3.12. The third-order valence-corrected chi connectivity index (χ3v) is 4.11. The van der Waals surface area contributed by atoms with Gasteiger partial charge in [0.05, 0.1) is 11.3 Å². The van der Waals surface area contributed by atoms with Crippen LogP contribution < -0.4 is 4.90 Å². The van der Waals surface area contributed by atoms with E-state index in [9.17, 15) is 9.59 Å². The van der Waals surface area contributed by atoms with Gasteiger partial charge < -0.3 is 4.90 Å². The van der Waals surface area contributed by atoms with Crippen molar-refractivity contribution in [2.75, 3.05) is 11.4 Å². The highest BCUT2D eigenvalue weighted by atomic mass is 35.5. The average molecular weight is 292 g/mol. The second-order valence-corrected chi connectivity index (χ2v) is 5.55. The predicted molar refractivity (Wildman–Crippen MR) is 76.2 cm³/mol. The molecule has 0 saturated carbocycles. The zero-order valence-corrected chi connectivity index (χ0v) is 11.5. The molecule has 0 N–H and O–H groups in total. The topological polar surface area (TPSA) is 37.4 Å². The molecule has 3 rings (SSSR count). The van der Waals surface area contributed by atoms with Crippen LogP contribution in [-0.4, -0.2) is 18.2 Å². The number of Topliss-reactive ketones (excluding diaryl/α,β-unsaturated/α-hetero) is 1. The first-order valence-electron chi connectivity index (χ1n) is 5.83. The van der Waals surface area contributed by atoms with Gasteiger partial charge in [-0.15, -0.1) is 0 Å². The first kappa shape index (κ1) is 12.4. The van der Waals surface area contributed by atoms with Crippen molar-refractivity contribution in [1.82, 2.24) is 0 Å². The number of hydrogen-bond acceptors (Lipinski definition) is 3. The number of hydrogen-bond donors (Lipinski definition) is 0. The van der Waals surface area contributed by atoms with E-state index in [0.717, 1.165) is 6.42 Å².